The third-order valence-electron chi connectivity index (χ3n) is 3.66. The summed E-state index contributed by atoms with van der Waals surface area (Å²) in [5, 5.41) is 0. The van der Waals surface area contributed by atoms with Gasteiger partial charge in [0.15, 0.2) is 6.29 Å². The van der Waals surface area contributed by atoms with Crippen LogP contribution in [-0.2, 0) is 14.2 Å². The van der Waals surface area contributed by atoms with Crippen LogP contribution in [0, 0.1) is 5.92 Å². The maximum atomic E-state index is 5.85. The Morgan fingerprint density at radius 3 is 2.37 bits per heavy atom. The van der Waals surface area contributed by atoms with E-state index in [1.54, 1.807) is 21.3 Å². The van der Waals surface area contributed by atoms with E-state index < -0.39 is 0 Å². The van der Waals surface area contributed by atoms with E-state index in [4.69, 9.17) is 18.9 Å². The Hall–Kier alpha value is -1.10. The van der Waals surface area contributed by atoms with Gasteiger partial charge in [0.2, 0.25) is 0 Å². The third-order valence-corrected chi connectivity index (χ3v) is 3.66. The zero-order valence-electron chi connectivity index (χ0n) is 11.8. The normalized spacial score (nSPS) is 23.6. The molecule has 19 heavy (non-hydrogen) atoms. The average molecular weight is 266 g/mol. The van der Waals surface area contributed by atoms with Crippen LogP contribution in [0.4, 0.5) is 0 Å². The smallest absolute Gasteiger partial charge is 0.159 e. The zero-order valence-corrected chi connectivity index (χ0v) is 11.8. The summed E-state index contributed by atoms with van der Waals surface area (Å²) in [5.41, 5.74) is 1.18. The molecule has 0 amide bonds. The first-order chi connectivity index (χ1) is 9.28. The minimum absolute atomic E-state index is 0.109. The Balaban J connectivity index is 2.03. The first-order valence-electron chi connectivity index (χ1n) is 6.59. The van der Waals surface area contributed by atoms with E-state index in [-0.39, 0.29) is 12.4 Å². The molecular formula is C15H22O4. The third kappa shape index (κ3) is 3.47. The molecule has 0 N–H and O–H groups in total. The van der Waals surface area contributed by atoms with Crippen LogP contribution in [0.2, 0.25) is 0 Å². The molecule has 2 rings (SSSR count). The molecular weight excluding hydrogens is 244 g/mol. The Morgan fingerprint density at radius 1 is 1.11 bits per heavy atom. The first kappa shape index (κ1) is 14.3. The average Bonchev–Trinajstić information content (AvgIpc) is 2.49. The lowest BCUT2D eigenvalue weighted by Gasteiger charge is -2.33. The van der Waals surface area contributed by atoms with Crippen LogP contribution in [0.25, 0.3) is 0 Å². The number of ether oxygens (including phenoxy) is 4. The van der Waals surface area contributed by atoms with Crippen molar-refractivity contribution >= 4 is 0 Å². The van der Waals surface area contributed by atoms with Crippen molar-refractivity contribution in [2.75, 3.05) is 27.9 Å². The van der Waals surface area contributed by atoms with Crippen LogP contribution in [0.5, 0.6) is 5.75 Å². The highest BCUT2D eigenvalue weighted by Gasteiger charge is 2.29. The molecule has 1 aromatic carbocycles. The molecule has 0 spiro atoms. The van der Waals surface area contributed by atoms with Crippen molar-refractivity contribution in [1.82, 2.24) is 0 Å². The van der Waals surface area contributed by atoms with Crippen molar-refractivity contribution in [2.24, 2.45) is 5.92 Å². The van der Waals surface area contributed by atoms with Gasteiger partial charge >= 0.3 is 0 Å². The van der Waals surface area contributed by atoms with Crippen molar-refractivity contribution in [2.45, 2.75) is 25.2 Å². The van der Waals surface area contributed by atoms with Crippen LogP contribution in [-0.4, -0.2) is 34.2 Å². The lowest BCUT2D eigenvalue weighted by Crippen LogP contribution is -2.31. The van der Waals surface area contributed by atoms with E-state index in [2.05, 4.69) is 12.1 Å². The molecule has 1 heterocycles. The molecule has 0 bridgehead atoms. The standard InChI is InChI=1S/C15H22O4/c1-16-13-6-4-11(5-7-13)14-10-12(8-9-19-14)15(17-2)18-3/h4-7,12,14-15H,8-10H2,1-3H3/t12-,14+/m1/s1. The first-order valence-corrected chi connectivity index (χ1v) is 6.59. The van der Waals surface area contributed by atoms with Crippen LogP contribution >= 0.6 is 0 Å². The summed E-state index contributed by atoms with van der Waals surface area (Å²) >= 11 is 0. The maximum absolute atomic E-state index is 5.85. The molecule has 4 nitrogen and oxygen atoms in total. The molecule has 0 aromatic heterocycles. The van der Waals surface area contributed by atoms with Crippen molar-refractivity contribution in [3.8, 4) is 5.75 Å². The Kier molecular flexibility index (Phi) is 5.19. The molecule has 4 heteroatoms. The van der Waals surface area contributed by atoms with Crippen LogP contribution in [0.1, 0.15) is 24.5 Å². The van der Waals surface area contributed by atoms with Crippen LogP contribution in [0.3, 0.4) is 0 Å². The quantitative estimate of drug-likeness (QED) is 0.768. The summed E-state index contributed by atoms with van der Waals surface area (Å²) in [7, 11) is 5.04. The fraction of sp³-hybridized carbons (Fsp3) is 0.600. The summed E-state index contributed by atoms with van der Waals surface area (Å²) in [4.78, 5) is 0. The van der Waals surface area contributed by atoms with Crippen molar-refractivity contribution in [3.63, 3.8) is 0 Å². The summed E-state index contributed by atoms with van der Waals surface area (Å²) < 4.78 is 21.7. The van der Waals surface area contributed by atoms with E-state index in [1.807, 2.05) is 12.1 Å². The summed E-state index contributed by atoms with van der Waals surface area (Å²) in [5.74, 6) is 1.23. The number of benzene rings is 1. The summed E-state index contributed by atoms with van der Waals surface area (Å²) in [6.07, 6.45) is 1.85. The summed E-state index contributed by atoms with van der Waals surface area (Å²) in [6.45, 7) is 0.741. The molecule has 1 aromatic rings. The van der Waals surface area contributed by atoms with Crippen LogP contribution in [0.15, 0.2) is 24.3 Å². The second-order valence-electron chi connectivity index (χ2n) is 4.76. The zero-order chi connectivity index (χ0) is 13.7. The van der Waals surface area contributed by atoms with Gasteiger partial charge in [0.05, 0.1) is 13.2 Å². The van der Waals surface area contributed by atoms with Crippen molar-refractivity contribution in [1.29, 1.82) is 0 Å². The van der Waals surface area contributed by atoms with Gasteiger partial charge in [-0.15, -0.1) is 0 Å². The van der Waals surface area contributed by atoms with Gasteiger partial charge in [-0.05, 0) is 30.5 Å². The van der Waals surface area contributed by atoms with Gasteiger partial charge in [-0.2, -0.15) is 0 Å². The summed E-state index contributed by atoms with van der Waals surface area (Å²) in [6, 6.07) is 8.04. The second kappa shape index (κ2) is 6.89. The van der Waals surface area contributed by atoms with Gasteiger partial charge in [-0.25, -0.2) is 0 Å². The molecule has 0 aliphatic carbocycles. The fourth-order valence-corrected chi connectivity index (χ4v) is 2.60. The Bertz CT molecular complexity index is 372. The monoisotopic (exact) mass is 266 g/mol. The largest absolute Gasteiger partial charge is 0.497 e. The molecule has 2 atom stereocenters. The van der Waals surface area contributed by atoms with Gasteiger partial charge in [0.1, 0.15) is 5.75 Å². The fourth-order valence-electron chi connectivity index (χ4n) is 2.60. The van der Waals surface area contributed by atoms with E-state index in [0.717, 1.165) is 25.2 Å². The van der Waals surface area contributed by atoms with E-state index in [0.29, 0.717) is 5.92 Å². The lowest BCUT2D eigenvalue weighted by atomic mass is 9.91. The van der Waals surface area contributed by atoms with Gasteiger partial charge in [-0.1, -0.05) is 12.1 Å². The minimum atomic E-state index is -0.148. The molecule has 0 saturated carbocycles. The maximum Gasteiger partial charge on any atom is 0.159 e. The van der Waals surface area contributed by atoms with E-state index in [9.17, 15) is 0 Å². The lowest BCUT2D eigenvalue weighted by molar-refractivity contribution is -0.165. The highest BCUT2D eigenvalue weighted by molar-refractivity contribution is 5.28. The SMILES string of the molecule is COc1ccc([C@@H]2C[C@H](C(OC)OC)CCO2)cc1. The number of hydrogen-bond acceptors (Lipinski definition) is 4. The minimum Gasteiger partial charge on any atom is -0.497 e. The predicted molar refractivity (Wildman–Crippen MR) is 72.2 cm³/mol. The topological polar surface area (TPSA) is 36.9 Å². The van der Waals surface area contributed by atoms with E-state index >= 15 is 0 Å². The van der Waals surface area contributed by atoms with E-state index in [1.165, 1.54) is 5.56 Å². The van der Waals surface area contributed by atoms with Gasteiger partial charge in [0, 0.05) is 26.7 Å². The molecule has 106 valence electrons. The molecule has 1 aliphatic heterocycles. The van der Waals surface area contributed by atoms with Gasteiger partial charge in [-0.3, -0.25) is 0 Å². The Morgan fingerprint density at radius 2 is 1.79 bits per heavy atom. The highest BCUT2D eigenvalue weighted by Crippen LogP contribution is 2.34. The van der Waals surface area contributed by atoms with Crippen LogP contribution < -0.4 is 4.74 Å². The molecule has 1 fully saturated rings. The molecule has 1 saturated heterocycles. The highest BCUT2D eigenvalue weighted by atomic mass is 16.7. The van der Waals surface area contributed by atoms with Crippen molar-refractivity contribution < 1.29 is 18.9 Å². The van der Waals surface area contributed by atoms with Gasteiger partial charge < -0.3 is 18.9 Å². The number of methoxy groups -OCH3 is 3. The molecule has 1 aliphatic rings. The number of hydrogen-bond donors (Lipinski definition) is 0. The Labute approximate surface area is 114 Å². The molecule has 0 radical (unpaired) electrons. The predicted octanol–water partition coefficient (Wildman–Crippen LogP) is 2.78. The van der Waals surface area contributed by atoms with Crippen molar-refractivity contribution in [3.05, 3.63) is 29.8 Å². The van der Waals surface area contributed by atoms with Gasteiger partial charge in [0.25, 0.3) is 0 Å². The molecule has 0 unspecified atom stereocenters. The second-order valence-corrected chi connectivity index (χ2v) is 4.76. The number of rotatable bonds is 5.